The Morgan fingerprint density at radius 3 is 2.73 bits per heavy atom. The molecule has 4 rings (SSSR count). The fourth-order valence-corrected chi connectivity index (χ4v) is 5.73. The highest BCUT2D eigenvalue weighted by Gasteiger charge is 2.22. The van der Waals surface area contributed by atoms with Crippen LogP contribution in [-0.2, 0) is 40.7 Å². The summed E-state index contributed by atoms with van der Waals surface area (Å²) < 4.78 is 17.3. The number of rotatable bonds is 8. The third-order valence-corrected chi connectivity index (χ3v) is 7.39. The number of methoxy groups -OCH3 is 1. The molecule has 0 saturated carbocycles. The van der Waals surface area contributed by atoms with Gasteiger partial charge in [-0.1, -0.05) is 12.1 Å². The molecule has 2 heterocycles. The number of benzene rings is 1. The average molecular weight is 446 g/mol. The van der Waals surface area contributed by atoms with Crippen LogP contribution in [0.1, 0.15) is 34.7 Å². The maximum absolute atomic E-state index is 12.1. The molecule has 0 bridgehead atoms. The van der Waals surface area contributed by atoms with Crippen LogP contribution in [0.25, 0.3) is 10.2 Å². The Morgan fingerprint density at radius 2 is 2.00 bits per heavy atom. The van der Waals surface area contributed by atoms with Crippen LogP contribution in [0, 0.1) is 0 Å². The van der Waals surface area contributed by atoms with Crippen LogP contribution in [0.4, 0.5) is 5.82 Å². The fraction of sp³-hybridized carbons (Fsp3) is 0.381. The zero-order valence-electron chi connectivity index (χ0n) is 16.6. The standard InChI is InChI=1S/C21H23N3O4S2/c1-28-14-8-6-13(7-9-14)10-22-20-19-15-4-2-3-5-16(15)29-21(19)24-17(23-20)11-30(27)12-18(25)26/h6-9H,2-5,10-12H2,1H3,(H,25,26)(H,22,23,24). The van der Waals surface area contributed by atoms with Crippen molar-refractivity contribution in [2.45, 2.75) is 38.0 Å². The topological polar surface area (TPSA) is 101 Å². The van der Waals surface area contributed by atoms with Gasteiger partial charge in [-0.3, -0.25) is 9.00 Å². The van der Waals surface area contributed by atoms with Gasteiger partial charge in [0.2, 0.25) is 0 Å². The minimum absolute atomic E-state index is 0.0298. The number of carboxylic acid groups (broad SMARTS) is 1. The first-order chi connectivity index (χ1) is 14.5. The van der Waals surface area contributed by atoms with Crippen LogP contribution in [-0.4, -0.2) is 38.1 Å². The normalized spacial score (nSPS) is 14.3. The van der Waals surface area contributed by atoms with Crippen LogP contribution in [0.3, 0.4) is 0 Å². The Labute approximate surface area is 181 Å². The molecule has 9 heteroatoms. The number of aromatic nitrogens is 2. The van der Waals surface area contributed by atoms with E-state index in [4.69, 9.17) is 9.84 Å². The second-order valence-corrected chi connectivity index (χ2v) is 9.74. The molecular weight excluding hydrogens is 422 g/mol. The largest absolute Gasteiger partial charge is 0.497 e. The van der Waals surface area contributed by atoms with Gasteiger partial charge in [-0.15, -0.1) is 11.3 Å². The number of aliphatic carboxylic acids is 1. The van der Waals surface area contributed by atoms with Gasteiger partial charge < -0.3 is 15.2 Å². The number of fused-ring (bicyclic) bond motifs is 3. The quantitative estimate of drug-likeness (QED) is 0.547. The molecule has 7 nitrogen and oxygen atoms in total. The van der Waals surface area contributed by atoms with Crippen molar-refractivity contribution in [1.29, 1.82) is 0 Å². The maximum atomic E-state index is 12.1. The van der Waals surface area contributed by atoms with Gasteiger partial charge in [0.05, 0.1) is 18.2 Å². The van der Waals surface area contributed by atoms with E-state index in [2.05, 4.69) is 15.3 Å². The van der Waals surface area contributed by atoms with Gasteiger partial charge in [-0.25, -0.2) is 9.97 Å². The second-order valence-electron chi connectivity index (χ2n) is 7.20. The molecule has 0 radical (unpaired) electrons. The van der Waals surface area contributed by atoms with Crippen LogP contribution >= 0.6 is 11.3 Å². The number of thiophene rings is 1. The molecule has 1 aromatic carbocycles. The minimum atomic E-state index is -1.55. The van der Waals surface area contributed by atoms with Crippen molar-refractivity contribution >= 4 is 44.1 Å². The van der Waals surface area contributed by atoms with Gasteiger partial charge in [0, 0.05) is 22.2 Å². The first-order valence-electron chi connectivity index (χ1n) is 9.78. The Morgan fingerprint density at radius 1 is 1.23 bits per heavy atom. The van der Waals surface area contributed by atoms with E-state index in [-0.39, 0.29) is 5.75 Å². The molecule has 30 heavy (non-hydrogen) atoms. The van der Waals surface area contributed by atoms with Crippen molar-refractivity contribution in [3.63, 3.8) is 0 Å². The molecule has 3 aromatic rings. The number of hydrogen-bond donors (Lipinski definition) is 2. The SMILES string of the molecule is COc1ccc(CNc2nc(CS(=O)CC(=O)O)nc3sc4c(c23)CCCC4)cc1. The van der Waals surface area contributed by atoms with E-state index in [1.165, 1.54) is 16.9 Å². The lowest BCUT2D eigenvalue weighted by molar-refractivity contribution is -0.133. The molecule has 0 fully saturated rings. The lowest BCUT2D eigenvalue weighted by Gasteiger charge is -2.13. The van der Waals surface area contributed by atoms with Gasteiger partial charge in [0.25, 0.3) is 0 Å². The number of nitrogens with one attached hydrogen (secondary N) is 1. The van der Waals surface area contributed by atoms with E-state index in [0.29, 0.717) is 12.4 Å². The molecule has 2 N–H and O–H groups in total. The molecule has 1 aliphatic carbocycles. The van der Waals surface area contributed by atoms with Crippen LogP contribution in [0.2, 0.25) is 0 Å². The van der Waals surface area contributed by atoms with Gasteiger partial charge in [0.15, 0.2) is 0 Å². The van der Waals surface area contributed by atoms with E-state index in [0.717, 1.165) is 46.6 Å². The minimum Gasteiger partial charge on any atom is -0.497 e. The van der Waals surface area contributed by atoms with Crippen LogP contribution < -0.4 is 10.1 Å². The van der Waals surface area contributed by atoms with Crippen LogP contribution in [0.5, 0.6) is 5.75 Å². The number of carboxylic acids is 1. The van der Waals surface area contributed by atoms with Crippen molar-refractivity contribution in [2.75, 3.05) is 18.2 Å². The molecule has 0 amide bonds. The van der Waals surface area contributed by atoms with Crippen molar-refractivity contribution in [3.8, 4) is 5.75 Å². The molecule has 1 unspecified atom stereocenters. The van der Waals surface area contributed by atoms with Gasteiger partial charge in [0.1, 0.15) is 28.0 Å². The lowest BCUT2D eigenvalue weighted by Crippen LogP contribution is -2.13. The molecule has 0 spiro atoms. The van der Waals surface area contributed by atoms with E-state index >= 15 is 0 Å². The lowest BCUT2D eigenvalue weighted by atomic mass is 9.97. The monoisotopic (exact) mass is 445 g/mol. The molecule has 2 aromatic heterocycles. The predicted molar refractivity (Wildman–Crippen MR) is 119 cm³/mol. The summed E-state index contributed by atoms with van der Waals surface area (Å²) in [7, 11) is 0.0920. The van der Waals surface area contributed by atoms with E-state index < -0.39 is 22.5 Å². The zero-order valence-corrected chi connectivity index (χ0v) is 18.3. The van der Waals surface area contributed by atoms with E-state index in [9.17, 15) is 9.00 Å². The zero-order chi connectivity index (χ0) is 21.1. The van der Waals surface area contributed by atoms with Crippen molar-refractivity contribution in [2.24, 2.45) is 0 Å². The third kappa shape index (κ3) is 4.62. The summed E-state index contributed by atoms with van der Waals surface area (Å²) in [5.41, 5.74) is 2.40. The summed E-state index contributed by atoms with van der Waals surface area (Å²) in [6.45, 7) is 0.582. The van der Waals surface area contributed by atoms with E-state index in [1.807, 2.05) is 24.3 Å². The van der Waals surface area contributed by atoms with Crippen molar-refractivity contribution < 1.29 is 18.8 Å². The highest BCUT2D eigenvalue weighted by Crippen LogP contribution is 2.38. The summed E-state index contributed by atoms with van der Waals surface area (Å²) in [6, 6.07) is 7.82. The van der Waals surface area contributed by atoms with Gasteiger partial charge in [-0.2, -0.15) is 0 Å². The number of ether oxygens (including phenoxy) is 1. The maximum Gasteiger partial charge on any atom is 0.316 e. The third-order valence-electron chi connectivity index (χ3n) is 5.05. The average Bonchev–Trinajstić information content (AvgIpc) is 3.10. The van der Waals surface area contributed by atoms with Crippen molar-refractivity contribution in [1.82, 2.24) is 9.97 Å². The van der Waals surface area contributed by atoms with Crippen molar-refractivity contribution in [3.05, 3.63) is 46.1 Å². The Hall–Kier alpha value is -2.52. The highest BCUT2D eigenvalue weighted by molar-refractivity contribution is 7.84. The number of nitrogens with zero attached hydrogens (tertiary/aromatic N) is 2. The molecular formula is C21H23N3O4S2. The Balaban J connectivity index is 1.66. The highest BCUT2D eigenvalue weighted by atomic mass is 32.2. The molecule has 0 aliphatic heterocycles. The van der Waals surface area contributed by atoms with Gasteiger partial charge in [-0.05, 0) is 48.9 Å². The molecule has 158 valence electrons. The second kappa shape index (κ2) is 9.09. The smallest absolute Gasteiger partial charge is 0.316 e. The van der Waals surface area contributed by atoms with E-state index in [1.54, 1.807) is 18.4 Å². The molecule has 0 saturated heterocycles. The first-order valence-corrected chi connectivity index (χ1v) is 12.1. The Kier molecular flexibility index (Phi) is 6.29. The Bertz CT molecular complexity index is 1100. The molecule has 1 aliphatic rings. The summed E-state index contributed by atoms with van der Waals surface area (Å²) in [4.78, 5) is 22.4. The summed E-state index contributed by atoms with van der Waals surface area (Å²) in [6.07, 6.45) is 4.40. The molecule has 1 atom stereocenters. The number of carbonyl (C=O) groups is 1. The summed E-state index contributed by atoms with van der Waals surface area (Å²) in [5, 5.41) is 13.4. The summed E-state index contributed by atoms with van der Waals surface area (Å²) >= 11 is 1.67. The summed E-state index contributed by atoms with van der Waals surface area (Å²) in [5.74, 6) is 0.492. The van der Waals surface area contributed by atoms with Gasteiger partial charge >= 0.3 is 5.97 Å². The number of aryl methyl sites for hydroxylation is 2. The first kappa shape index (κ1) is 20.7. The number of hydrogen-bond acceptors (Lipinski definition) is 7. The number of anilines is 1. The predicted octanol–water partition coefficient (Wildman–Crippen LogP) is 3.52. The van der Waals surface area contributed by atoms with Crippen LogP contribution in [0.15, 0.2) is 24.3 Å². The fourth-order valence-electron chi connectivity index (χ4n) is 3.66.